The average molecular weight is 348 g/mol. The van der Waals surface area contributed by atoms with Gasteiger partial charge in [0.25, 0.3) is 0 Å². The maximum absolute atomic E-state index is 13.8. The van der Waals surface area contributed by atoms with Crippen molar-refractivity contribution in [2.75, 3.05) is 6.54 Å². The Morgan fingerprint density at radius 3 is 2.77 bits per heavy atom. The van der Waals surface area contributed by atoms with E-state index in [9.17, 15) is 4.39 Å². The van der Waals surface area contributed by atoms with Crippen molar-refractivity contribution in [3.05, 3.63) is 76.8 Å². The summed E-state index contributed by atoms with van der Waals surface area (Å²) in [7, 11) is 0. The number of fused-ring (bicyclic) bond motifs is 1. The van der Waals surface area contributed by atoms with Crippen LogP contribution >= 0.6 is 0 Å². The Morgan fingerprint density at radius 1 is 1.19 bits per heavy atom. The van der Waals surface area contributed by atoms with Gasteiger partial charge in [0, 0.05) is 6.20 Å². The van der Waals surface area contributed by atoms with Crippen molar-refractivity contribution in [1.29, 1.82) is 0 Å². The maximum atomic E-state index is 13.8. The largest absolute Gasteiger partial charge is 0.325 e. The number of nitrogens with zero attached hydrogens (tertiary/aromatic N) is 2. The molecule has 2 aliphatic heterocycles. The van der Waals surface area contributed by atoms with Crippen LogP contribution in [0.15, 0.2) is 64.8 Å². The fourth-order valence-corrected chi connectivity index (χ4v) is 3.85. The molecule has 0 saturated heterocycles. The van der Waals surface area contributed by atoms with Gasteiger partial charge in [0.2, 0.25) is 0 Å². The monoisotopic (exact) mass is 348 g/mol. The summed E-state index contributed by atoms with van der Waals surface area (Å²) in [6, 6.07) is 5.46. The van der Waals surface area contributed by atoms with Crippen LogP contribution in [-0.4, -0.2) is 22.8 Å². The summed E-state index contributed by atoms with van der Waals surface area (Å²) in [6.07, 6.45) is 11.9. The number of aliphatic imine (C=N–C) groups is 1. The third-order valence-corrected chi connectivity index (χ3v) is 5.47. The van der Waals surface area contributed by atoms with Crippen LogP contribution in [0.2, 0.25) is 0 Å². The Bertz CT molecular complexity index is 912. The molecule has 1 unspecified atom stereocenters. The molecule has 2 nitrogen and oxygen atoms in total. The minimum atomic E-state index is -0.147. The molecule has 0 radical (unpaired) electrons. The average Bonchev–Trinajstić information content (AvgIpc) is 2.92. The van der Waals surface area contributed by atoms with Crippen LogP contribution in [0.25, 0.3) is 5.57 Å². The Hall–Kier alpha value is -2.42. The highest BCUT2D eigenvalue weighted by Crippen LogP contribution is 2.38. The lowest BCUT2D eigenvalue weighted by Crippen LogP contribution is -2.41. The number of hydrogen-bond acceptors (Lipinski definition) is 2. The number of rotatable bonds is 2. The Morgan fingerprint density at radius 2 is 2.00 bits per heavy atom. The van der Waals surface area contributed by atoms with E-state index in [0.29, 0.717) is 11.5 Å². The molecule has 3 aliphatic rings. The first kappa shape index (κ1) is 17.0. The number of hydrogen-bond donors (Lipinski definition) is 0. The minimum absolute atomic E-state index is 0.00417. The van der Waals surface area contributed by atoms with Crippen LogP contribution < -0.4 is 0 Å². The van der Waals surface area contributed by atoms with E-state index in [-0.39, 0.29) is 11.4 Å². The van der Waals surface area contributed by atoms with Crippen molar-refractivity contribution in [2.24, 2.45) is 10.9 Å². The van der Waals surface area contributed by atoms with E-state index < -0.39 is 0 Å². The van der Waals surface area contributed by atoms with E-state index in [1.54, 1.807) is 6.07 Å². The summed E-state index contributed by atoms with van der Waals surface area (Å²) in [5.74, 6) is 1.37. The summed E-state index contributed by atoms with van der Waals surface area (Å²) in [5, 5.41) is 0. The Labute approximate surface area is 155 Å². The van der Waals surface area contributed by atoms with E-state index in [1.807, 2.05) is 19.1 Å². The van der Waals surface area contributed by atoms with Crippen molar-refractivity contribution < 1.29 is 4.39 Å². The molecule has 1 aliphatic carbocycles. The van der Waals surface area contributed by atoms with Gasteiger partial charge >= 0.3 is 0 Å². The van der Waals surface area contributed by atoms with Gasteiger partial charge in [-0.1, -0.05) is 25.1 Å². The van der Waals surface area contributed by atoms with Crippen molar-refractivity contribution in [3.8, 4) is 0 Å². The fraction of sp³-hybridized carbons (Fsp3) is 0.348. The molecule has 0 N–H and O–H groups in total. The minimum Gasteiger partial charge on any atom is -0.325 e. The number of allylic oxidation sites excluding steroid dienone is 6. The normalized spacial score (nSPS) is 23.9. The van der Waals surface area contributed by atoms with E-state index in [2.05, 4.69) is 61.2 Å². The third kappa shape index (κ3) is 2.86. The second-order valence-corrected chi connectivity index (χ2v) is 8.17. The predicted molar refractivity (Wildman–Crippen MR) is 106 cm³/mol. The molecule has 3 heteroatoms. The molecule has 134 valence electrons. The third-order valence-electron chi connectivity index (χ3n) is 5.47. The van der Waals surface area contributed by atoms with Crippen molar-refractivity contribution >= 4 is 11.4 Å². The van der Waals surface area contributed by atoms with E-state index in [0.717, 1.165) is 24.4 Å². The van der Waals surface area contributed by atoms with E-state index in [4.69, 9.17) is 0 Å². The van der Waals surface area contributed by atoms with E-state index in [1.165, 1.54) is 16.7 Å². The van der Waals surface area contributed by atoms with Gasteiger partial charge in [-0.25, -0.2) is 4.39 Å². The van der Waals surface area contributed by atoms with E-state index >= 15 is 0 Å². The van der Waals surface area contributed by atoms with Gasteiger partial charge in [-0.2, -0.15) is 0 Å². The summed E-state index contributed by atoms with van der Waals surface area (Å²) < 4.78 is 13.8. The Balaban J connectivity index is 1.81. The second-order valence-electron chi connectivity index (χ2n) is 8.17. The molecule has 4 rings (SSSR count). The SMILES string of the molecule is Cc1cc(C2=C(C3=CN4C(=NCC4(C)C)C=C3)C=CC(C)C2)ccc1F. The van der Waals surface area contributed by atoms with Crippen LogP contribution in [-0.2, 0) is 0 Å². The molecular weight excluding hydrogens is 323 g/mol. The molecule has 0 fully saturated rings. The van der Waals surface area contributed by atoms with Crippen LogP contribution in [0.1, 0.15) is 38.3 Å². The summed E-state index contributed by atoms with van der Waals surface area (Å²) >= 11 is 0. The molecule has 1 atom stereocenters. The topological polar surface area (TPSA) is 15.6 Å². The van der Waals surface area contributed by atoms with Crippen LogP contribution in [0, 0.1) is 18.7 Å². The van der Waals surface area contributed by atoms with Gasteiger partial charge in [-0.15, -0.1) is 0 Å². The molecule has 0 bridgehead atoms. The lowest BCUT2D eigenvalue weighted by atomic mass is 9.83. The lowest BCUT2D eigenvalue weighted by molar-refractivity contribution is 0.320. The highest BCUT2D eigenvalue weighted by Gasteiger charge is 2.34. The van der Waals surface area contributed by atoms with Crippen molar-refractivity contribution in [2.45, 2.75) is 39.7 Å². The number of aryl methyl sites for hydroxylation is 1. The van der Waals surface area contributed by atoms with Gasteiger partial charge < -0.3 is 4.90 Å². The first-order valence-corrected chi connectivity index (χ1v) is 9.27. The summed E-state index contributed by atoms with van der Waals surface area (Å²) in [5.41, 5.74) is 5.52. The number of amidine groups is 1. The molecule has 0 amide bonds. The van der Waals surface area contributed by atoms with Gasteiger partial charge in [0.15, 0.2) is 0 Å². The predicted octanol–water partition coefficient (Wildman–Crippen LogP) is 5.43. The quantitative estimate of drug-likeness (QED) is 0.696. The molecule has 26 heavy (non-hydrogen) atoms. The fourth-order valence-electron chi connectivity index (χ4n) is 3.85. The maximum Gasteiger partial charge on any atom is 0.128 e. The first-order valence-electron chi connectivity index (χ1n) is 9.27. The molecular formula is C23H25FN2. The van der Waals surface area contributed by atoms with Crippen molar-refractivity contribution in [3.63, 3.8) is 0 Å². The summed E-state index contributed by atoms with van der Waals surface area (Å²) in [6.45, 7) is 9.30. The lowest BCUT2D eigenvalue weighted by Gasteiger charge is -2.33. The number of halogens is 1. The van der Waals surface area contributed by atoms with Gasteiger partial charge in [-0.3, -0.25) is 4.99 Å². The molecule has 1 aromatic rings. The molecule has 1 aromatic carbocycles. The standard InChI is InChI=1S/C23H25FN2/c1-15-5-8-19(20(11-15)17-6-9-21(24)16(2)12-17)18-7-10-22-25-14-23(3,4)26(22)13-18/h5-10,12-13,15H,11,14H2,1-4H3. The molecule has 0 aromatic heterocycles. The van der Waals surface area contributed by atoms with Crippen LogP contribution in [0.5, 0.6) is 0 Å². The van der Waals surface area contributed by atoms with Crippen LogP contribution in [0.4, 0.5) is 4.39 Å². The zero-order valence-electron chi connectivity index (χ0n) is 15.9. The molecule has 0 spiro atoms. The zero-order chi connectivity index (χ0) is 18.5. The van der Waals surface area contributed by atoms with Crippen molar-refractivity contribution in [1.82, 2.24) is 4.90 Å². The Kier molecular flexibility index (Phi) is 3.98. The summed E-state index contributed by atoms with van der Waals surface area (Å²) in [4.78, 5) is 6.91. The molecule has 0 saturated carbocycles. The highest BCUT2D eigenvalue weighted by atomic mass is 19.1. The molecule has 2 heterocycles. The van der Waals surface area contributed by atoms with Gasteiger partial charge in [-0.05, 0) is 85.2 Å². The first-order chi connectivity index (χ1) is 12.3. The second kappa shape index (κ2) is 6.08. The van der Waals surface area contributed by atoms with Crippen LogP contribution in [0.3, 0.4) is 0 Å². The zero-order valence-corrected chi connectivity index (χ0v) is 15.9. The highest BCUT2D eigenvalue weighted by molar-refractivity contribution is 5.98. The number of benzene rings is 1. The smallest absolute Gasteiger partial charge is 0.128 e. The van der Waals surface area contributed by atoms with Gasteiger partial charge in [0.1, 0.15) is 11.7 Å². The van der Waals surface area contributed by atoms with Gasteiger partial charge in [0.05, 0.1) is 12.1 Å².